The van der Waals surface area contributed by atoms with Crippen LogP contribution in [0.15, 0.2) is 30.5 Å². The van der Waals surface area contributed by atoms with Gasteiger partial charge in [-0.05, 0) is 54.5 Å². The summed E-state index contributed by atoms with van der Waals surface area (Å²) < 4.78 is 0. The molecule has 3 amide bonds. The SMILES string of the molecule is Cc1cc(NC(=O)C(=O)N2CC(C)CCC2c2ccc3c(c2)CNC3=O)cnc1N. The summed E-state index contributed by atoms with van der Waals surface area (Å²) in [6.07, 6.45) is 3.17. The number of anilines is 2. The molecule has 2 aromatic rings. The first kappa shape index (κ1) is 19.9. The highest BCUT2D eigenvalue weighted by atomic mass is 16.2. The standard InChI is InChI=1S/C22H25N5O3/c1-12-3-6-18(14-4-5-17-15(8-14)9-25-20(17)28)27(11-12)22(30)21(29)26-16-7-13(2)19(23)24-10-16/h4-5,7-8,10,12,18H,3,6,9,11H2,1-2H3,(H2,23,24)(H,25,28)(H,26,29). The van der Waals surface area contributed by atoms with Crippen LogP contribution in [0.4, 0.5) is 11.5 Å². The number of aromatic nitrogens is 1. The van der Waals surface area contributed by atoms with Crippen molar-refractivity contribution in [2.75, 3.05) is 17.6 Å². The predicted molar refractivity (Wildman–Crippen MR) is 112 cm³/mol. The number of nitrogens with one attached hydrogen (secondary N) is 2. The number of rotatable bonds is 2. The lowest BCUT2D eigenvalue weighted by Gasteiger charge is -2.38. The molecular formula is C22H25N5O3. The van der Waals surface area contributed by atoms with Gasteiger partial charge >= 0.3 is 11.8 Å². The maximum atomic E-state index is 13.1. The van der Waals surface area contributed by atoms with Crippen molar-refractivity contribution in [1.29, 1.82) is 0 Å². The number of nitrogen functional groups attached to an aromatic ring is 1. The zero-order valence-electron chi connectivity index (χ0n) is 17.1. The van der Waals surface area contributed by atoms with Crippen molar-refractivity contribution in [2.45, 2.75) is 39.3 Å². The number of carbonyl (C=O) groups excluding carboxylic acids is 3. The van der Waals surface area contributed by atoms with E-state index in [0.29, 0.717) is 36.1 Å². The quantitative estimate of drug-likeness (QED) is 0.660. The number of hydrogen-bond donors (Lipinski definition) is 3. The Kier molecular flexibility index (Phi) is 5.15. The molecule has 2 atom stereocenters. The number of aryl methyl sites for hydroxylation is 1. The number of piperidine rings is 1. The Balaban J connectivity index is 1.56. The highest BCUT2D eigenvalue weighted by Crippen LogP contribution is 2.35. The zero-order chi connectivity index (χ0) is 21.4. The molecule has 30 heavy (non-hydrogen) atoms. The van der Waals surface area contributed by atoms with Crippen LogP contribution < -0.4 is 16.4 Å². The molecule has 0 spiro atoms. The molecule has 0 aliphatic carbocycles. The highest BCUT2D eigenvalue weighted by molar-refractivity contribution is 6.39. The first-order valence-electron chi connectivity index (χ1n) is 10.1. The first-order valence-corrected chi connectivity index (χ1v) is 10.1. The fourth-order valence-corrected chi connectivity index (χ4v) is 4.15. The van der Waals surface area contributed by atoms with Crippen molar-refractivity contribution in [3.05, 3.63) is 52.7 Å². The molecule has 156 valence electrons. The maximum Gasteiger partial charge on any atom is 0.313 e. The fraction of sp³-hybridized carbons (Fsp3) is 0.364. The maximum absolute atomic E-state index is 13.1. The molecule has 2 unspecified atom stereocenters. The summed E-state index contributed by atoms with van der Waals surface area (Å²) in [6, 6.07) is 7.15. The molecule has 4 rings (SSSR count). The van der Waals surface area contributed by atoms with Gasteiger partial charge < -0.3 is 21.3 Å². The smallest absolute Gasteiger partial charge is 0.313 e. The zero-order valence-corrected chi connectivity index (χ0v) is 17.1. The second kappa shape index (κ2) is 7.78. The Bertz CT molecular complexity index is 1040. The fourth-order valence-electron chi connectivity index (χ4n) is 4.15. The van der Waals surface area contributed by atoms with Crippen LogP contribution in [0.1, 0.15) is 52.9 Å². The van der Waals surface area contributed by atoms with Crippen LogP contribution in [0.25, 0.3) is 0 Å². The van der Waals surface area contributed by atoms with Crippen LogP contribution in [0.2, 0.25) is 0 Å². The molecule has 1 aromatic heterocycles. The number of hydrogen-bond acceptors (Lipinski definition) is 5. The molecule has 8 nitrogen and oxygen atoms in total. The van der Waals surface area contributed by atoms with E-state index in [2.05, 4.69) is 22.5 Å². The van der Waals surface area contributed by atoms with Crippen molar-refractivity contribution in [3.63, 3.8) is 0 Å². The second-order valence-electron chi connectivity index (χ2n) is 8.14. The molecule has 0 radical (unpaired) electrons. The molecule has 1 aromatic carbocycles. The lowest BCUT2D eigenvalue weighted by Crippen LogP contribution is -2.46. The van der Waals surface area contributed by atoms with Crippen LogP contribution in [-0.2, 0) is 16.1 Å². The molecule has 0 saturated carbocycles. The average molecular weight is 407 g/mol. The van der Waals surface area contributed by atoms with Crippen LogP contribution in [0.3, 0.4) is 0 Å². The summed E-state index contributed by atoms with van der Waals surface area (Å²) in [5, 5.41) is 5.45. The van der Waals surface area contributed by atoms with Gasteiger partial charge in [-0.3, -0.25) is 14.4 Å². The van der Waals surface area contributed by atoms with Crippen molar-refractivity contribution in [1.82, 2.24) is 15.2 Å². The lowest BCUT2D eigenvalue weighted by molar-refractivity contribution is -0.146. The van der Waals surface area contributed by atoms with Crippen LogP contribution in [-0.4, -0.2) is 34.2 Å². The van der Waals surface area contributed by atoms with Gasteiger partial charge in [0.2, 0.25) is 0 Å². The Morgan fingerprint density at radius 2 is 2.07 bits per heavy atom. The van der Waals surface area contributed by atoms with Gasteiger partial charge in [-0.25, -0.2) is 4.98 Å². The molecule has 0 bridgehead atoms. The molecule has 2 aliphatic rings. The van der Waals surface area contributed by atoms with E-state index in [-0.39, 0.29) is 11.9 Å². The van der Waals surface area contributed by atoms with Crippen molar-refractivity contribution in [2.24, 2.45) is 5.92 Å². The molecule has 1 fully saturated rings. The van der Waals surface area contributed by atoms with E-state index in [1.807, 2.05) is 12.1 Å². The number of likely N-dealkylation sites (tertiary alicyclic amines) is 1. The number of nitrogens with two attached hydrogens (primary N) is 1. The molecule has 8 heteroatoms. The largest absolute Gasteiger partial charge is 0.383 e. The van der Waals surface area contributed by atoms with Crippen molar-refractivity contribution in [3.8, 4) is 0 Å². The summed E-state index contributed by atoms with van der Waals surface area (Å²) >= 11 is 0. The molecule has 2 aliphatic heterocycles. The summed E-state index contributed by atoms with van der Waals surface area (Å²) in [5.41, 5.74) is 9.42. The number of amides is 3. The van der Waals surface area contributed by atoms with Crippen LogP contribution in [0.5, 0.6) is 0 Å². The average Bonchev–Trinajstić information content (AvgIpc) is 3.10. The number of pyridine rings is 1. The van der Waals surface area contributed by atoms with Gasteiger partial charge in [0.25, 0.3) is 5.91 Å². The molecule has 1 saturated heterocycles. The third-order valence-electron chi connectivity index (χ3n) is 5.85. The summed E-state index contributed by atoms with van der Waals surface area (Å²) in [7, 11) is 0. The lowest BCUT2D eigenvalue weighted by atomic mass is 9.88. The Morgan fingerprint density at radius 3 is 2.83 bits per heavy atom. The Labute approximate surface area is 174 Å². The normalized spacial score (nSPS) is 20.5. The Morgan fingerprint density at radius 1 is 1.27 bits per heavy atom. The summed E-state index contributed by atoms with van der Waals surface area (Å²) in [6.45, 7) is 4.86. The number of fused-ring (bicyclic) bond motifs is 1. The van der Waals surface area contributed by atoms with Crippen LogP contribution >= 0.6 is 0 Å². The van der Waals surface area contributed by atoms with Gasteiger partial charge in [0.1, 0.15) is 5.82 Å². The second-order valence-corrected chi connectivity index (χ2v) is 8.14. The summed E-state index contributed by atoms with van der Waals surface area (Å²) in [4.78, 5) is 43.3. The monoisotopic (exact) mass is 407 g/mol. The number of carbonyl (C=O) groups is 3. The minimum absolute atomic E-state index is 0.0754. The first-order chi connectivity index (χ1) is 14.3. The minimum atomic E-state index is -0.696. The van der Waals surface area contributed by atoms with Crippen LogP contribution in [0, 0.1) is 12.8 Å². The van der Waals surface area contributed by atoms with Gasteiger partial charge in [0.05, 0.1) is 17.9 Å². The number of benzene rings is 1. The highest BCUT2D eigenvalue weighted by Gasteiger charge is 2.35. The van der Waals surface area contributed by atoms with E-state index in [1.54, 1.807) is 24.0 Å². The molecule has 4 N–H and O–H groups in total. The summed E-state index contributed by atoms with van der Waals surface area (Å²) in [5.74, 6) is -0.660. The molecular weight excluding hydrogens is 382 g/mol. The van der Waals surface area contributed by atoms with Gasteiger partial charge in [-0.15, -0.1) is 0 Å². The Hall–Kier alpha value is -3.42. The van der Waals surface area contributed by atoms with E-state index in [9.17, 15) is 14.4 Å². The van der Waals surface area contributed by atoms with E-state index >= 15 is 0 Å². The molecule has 3 heterocycles. The van der Waals surface area contributed by atoms with Crippen molar-refractivity contribution >= 4 is 29.2 Å². The van der Waals surface area contributed by atoms with Gasteiger partial charge in [0, 0.05) is 18.7 Å². The number of nitrogens with zero attached hydrogens (tertiary/aromatic N) is 2. The topological polar surface area (TPSA) is 117 Å². The van der Waals surface area contributed by atoms with E-state index in [0.717, 1.165) is 29.5 Å². The van der Waals surface area contributed by atoms with Crippen molar-refractivity contribution < 1.29 is 14.4 Å². The van der Waals surface area contributed by atoms with Gasteiger partial charge in [-0.2, -0.15) is 0 Å². The van der Waals surface area contributed by atoms with E-state index in [4.69, 9.17) is 5.73 Å². The predicted octanol–water partition coefficient (Wildman–Crippen LogP) is 2.15. The van der Waals surface area contributed by atoms with Gasteiger partial charge in [-0.1, -0.05) is 19.1 Å². The van der Waals surface area contributed by atoms with E-state index in [1.165, 1.54) is 6.20 Å². The third kappa shape index (κ3) is 3.72. The van der Waals surface area contributed by atoms with Gasteiger partial charge in [0.15, 0.2) is 0 Å². The van der Waals surface area contributed by atoms with E-state index < -0.39 is 11.8 Å². The minimum Gasteiger partial charge on any atom is -0.383 e. The third-order valence-corrected chi connectivity index (χ3v) is 5.85.